The molecule has 0 aromatic heterocycles. The number of phenols is 1. The third-order valence-electron chi connectivity index (χ3n) is 3.88. The van der Waals surface area contributed by atoms with Gasteiger partial charge >= 0.3 is 0 Å². The van der Waals surface area contributed by atoms with E-state index in [1.807, 2.05) is 0 Å². The Morgan fingerprint density at radius 2 is 2.11 bits per heavy atom. The van der Waals surface area contributed by atoms with Crippen LogP contribution in [0.3, 0.4) is 0 Å². The molecule has 3 rings (SSSR count). The molecule has 1 heterocycles. The van der Waals surface area contributed by atoms with Crippen LogP contribution in [-0.4, -0.2) is 29.0 Å². The molecular formula is C19H17ClFNO5. The van der Waals surface area contributed by atoms with Gasteiger partial charge in [-0.3, -0.25) is 9.59 Å². The monoisotopic (exact) mass is 393 g/mol. The highest BCUT2D eigenvalue weighted by Crippen LogP contribution is 2.40. The van der Waals surface area contributed by atoms with Crippen LogP contribution in [0.1, 0.15) is 30.6 Å². The molecule has 0 spiro atoms. The fourth-order valence-electron chi connectivity index (χ4n) is 2.75. The van der Waals surface area contributed by atoms with Gasteiger partial charge in [0.05, 0.1) is 11.4 Å². The maximum Gasteiger partial charge on any atom is 0.262 e. The summed E-state index contributed by atoms with van der Waals surface area (Å²) < 4.78 is 24.2. The zero-order valence-electron chi connectivity index (χ0n) is 14.6. The Hall–Kier alpha value is -2.80. The number of ketones is 1. The Labute approximate surface area is 159 Å². The van der Waals surface area contributed by atoms with Crippen LogP contribution in [-0.2, 0) is 4.79 Å². The zero-order valence-corrected chi connectivity index (χ0v) is 15.4. The number of amides is 1. The molecule has 0 saturated heterocycles. The average Bonchev–Trinajstić information content (AvgIpc) is 2.54. The summed E-state index contributed by atoms with van der Waals surface area (Å²) in [6.07, 6.45) is 0.149. The minimum absolute atomic E-state index is 0.104. The van der Waals surface area contributed by atoms with Crippen LogP contribution >= 0.6 is 11.6 Å². The second-order valence-electron chi connectivity index (χ2n) is 6.74. The molecule has 0 fully saturated rings. The van der Waals surface area contributed by atoms with Crippen molar-refractivity contribution in [3.8, 4) is 17.2 Å². The van der Waals surface area contributed by atoms with Crippen molar-refractivity contribution in [3.05, 3.63) is 46.7 Å². The van der Waals surface area contributed by atoms with E-state index in [-0.39, 0.29) is 46.6 Å². The van der Waals surface area contributed by atoms with Crippen LogP contribution in [0.15, 0.2) is 30.3 Å². The summed E-state index contributed by atoms with van der Waals surface area (Å²) in [5.74, 6) is -1.22. The van der Waals surface area contributed by atoms with Gasteiger partial charge in [-0.2, -0.15) is 0 Å². The number of phenolic OH excluding ortho intramolecular Hbond substituents is 1. The summed E-state index contributed by atoms with van der Waals surface area (Å²) in [5.41, 5.74) is -0.278. The van der Waals surface area contributed by atoms with Gasteiger partial charge in [0.15, 0.2) is 12.4 Å². The minimum atomic E-state index is -0.700. The number of halogens is 2. The van der Waals surface area contributed by atoms with Crippen LogP contribution in [0.25, 0.3) is 0 Å². The van der Waals surface area contributed by atoms with Gasteiger partial charge in [-0.1, -0.05) is 11.6 Å². The number of nitrogens with one attached hydrogen (secondary N) is 1. The molecule has 2 aromatic rings. The van der Waals surface area contributed by atoms with E-state index in [1.54, 1.807) is 13.8 Å². The summed E-state index contributed by atoms with van der Waals surface area (Å²) >= 11 is 5.66. The molecule has 6 nitrogen and oxygen atoms in total. The Bertz CT molecular complexity index is 929. The van der Waals surface area contributed by atoms with Gasteiger partial charge in [-0.15, -0.1) is 0 Å². The standard InChI is InChI=1S/C19H17ClFNO5/c1-19(2)8-15(24)18-14(23)6-11(7-16(18)27-19)26-9-17(25)22-10-3-4-13(21)12(20)5-10/h3-7,23H,8-9H2,1-2H3,(H,22,25). The van der Waals surface area contributed by atoms with Gasteiger partial charge in [-0.05, 0) is 32.0 Å². The lowest BCUT2D eigenvalue weighted by molar-refractivity contribution is -0.118. The maximum atomic E-state index is 13.1. The molecule has 27 heavy (non-hydrogen) atoms. The molecule has 142 valence electrons. The molecule has 0 aliphatic carbocycles. The number of hydrogen-bond donors (Lipinski definition) is 2. The lowest BCUT2D eigenvalue weighted by Crippen LogP contribution is -2.35. The number of anilines is 1. The summed E-state index contributed by atoms with van der Waals surface area (Å²) in [7, 11) is 0. The van der Waals surface area contributed by atoms with Gasteiger partial charge in [0, 0.05) is 17.8 Å². The molecular weight excluding hydrogens is 377 g/mol. The highest BCUT2D eigenvalue weighted by molar-refractivity contribution is 6.31. The number of benzene rings is 2. The molecule has 2 N–H and O–H groups in total. The number of rotatable bonds is 4. The fourth-order valence-corrected chi connectivity index (χ4v) is 2.93. The van der Waals surface area contributed by atoms with Crippen LogP contribution in [0.5, 0.6) is 17.2 Å². The predicted molar refractivity (Wildman–Crippen MR) is 97.3 cm³/mol. The van der Waals surface area contributed by atoms with Crippen molar-refractivity contribution in [2.45, 2.75) is 25.9 Å². The Morgan fingerprint density at radius 1 is 1.37 bits per heavy atom. The van der Waals surface area contributed by atoms with Crippen molar-refractivity contribution in [1.29, 1.82) is 0 Å². The van der Waals surface area contributed by atoms with Crippen molar-refractivity contribution >= 4 is 29.0 Å². The number of hydrogen-bond acceptors (Lipinski definition) is 5. The van der Waals surface area contributed by atoms with E-state index in [9.17, 15) is 19.1 Å². The third-order valence-corrected chi connectivity index (χ3v) is 4.17. The summed E-state index contributed by atoms with van der Waals surface area (Å²) in [6.45, 7) is 3.16. The molecule has 0 bridgehead atoms. The third kappa shape index (κ3) is 4.31. The highest BCUT2D eigenvalue weighted by atomic mass is 35.5. The second kappa shape index (κ2) is 7.08. The summed E-state index contributed by atoms with van der Waals surface area (Å²) in [6, 6.07) is 6.49. The molecule has 0 atom stereocenters. The second-order valence-corrected chi connectivity index (χ2v) is 7.15. The van der Waals surface area contributed by atoms with Crippen LogP contribution in [0.2, 0.25) is 5.02 Å². The van der Waals surface area contributed by atoms with E-state index >= 15 is 0 Å². The van der Waals surface area contributed by atoms with Crippen molar-refractivity contribution in [3.63, 3.8) is 0 Å². The SMILES string of the molecule is CC1(C)CC(=O)c2c(O)cc(OCC(=O)Nc3ccc(F)c(Cl)c3)cc2O1. The summed E-state index contributed by atoms with van der Waals surface area (Å²) in [5, 5.41) is 12.5. The number of carbonyl (C=O) groups excluding carboxylic acids is 2. The smallest absolute Gasteiger partial charge is 0.262 e. The van der Waals surface area contributed by atoms with E-state index in [0.717, 1.165) is 6.07 Å². The van der Waals surface area contributed by atoms with Crippen LogP contribution < -0.4 is 14.8 Å². The van der Waals surface area contributed by atoms with Gasteiger partial charge in [0.1, 0.15) is 34.2 Å². The number of Topliss-reactive ketones (excluding diaryl/α,β-unsaturated/α-hetero) is 1. The maximum absolute atomic E-state index is 13.1. The molecule has 1 aliphatic heterocycles. The van der Waals surface area contributed by atoms with E-state index in [1.165, 1.54) is 24.3 Å². The first-order valence-corrected chi connectivity index (χ1v) is 8.49. The lowest BCUT2D eigenvalue weighted by Gasteiger charge is -2.32. The molecule has 8 heteroatoms. The Kier molecular flexibility index (Phi) is 4.97. The summed E-state index contributed by atoms with van der Waals surface area (Å²) in [4.78, 5) is 24.2. The molecule has 2 aromatic carbocycles. The molecule has 0 unspecified atom stereocenters. The van der Waals surface area contributed by atoms with E-state index < -0.39 is 17.3 Å². The number of ether oxygens (including phenoxy) is 2. The number of fused-ring (bicyclic) bond motifs is 1. The fraction of sp³-hybridized carbons (Fsp3) is 0.263. The lowest BCUT2D eigenvalue weighted by atomic mass is 9.92. The van der Waals surface area contributed by atoms with Crippen LogP contribution in [0, 0.1) is 5.82 Å². The van der Waals surface area contributed by atoms with E-state index in [4.69, 9.17) is 21.1 Å². The predicted octanol–water partition coefficient (Wildman–Crippen LogP) is 3.95. The van der Waals surface area contributed by atoms with Gasteiger partial charge in [-0.25, -0.2) is 4.39 Å². The normalized spacial score (nSPS) is 14.9. The molecule has 1 aliphatic rings. The van der Waals surface area contributed by atoms with Crippen molar-refractivity contribution in [2.24, 2.45) is 0 Å². The number of aromatic hydroxyl groups is 1. The first-order chi connectivity index (χ1) is 12.6. The largest absolute Gasteiger partial charge is 0.507 e. The average molecular weight is 394 g/mol. The van der Waals surface area contributed by atoms with Crippen molar-refractivity contribution in [2.75, 3.05) is 11.9 Å². The first-order valence-electron chi connectivity index (χ1n) is 8.11. The molecule has 0 radical (unpaired) electrons. The Balaban J connectivity index is 1.69. The quantitative estimate of drug-likeness (QED) is 0.821. The van der Waals surface area contributed by atoms with Gasteiger partial charge in [0.2, 0.25) is 0 Å². The Morgan fingerprint density at radius 3 is 2.81 bits per heavy atom. The number of carbonyl (C=O) groups is 2. The van der Waals surface area contributed by atoms with Gasteiger partial charge in [0.25, 0.3) is 5.91 Å². The van der Waals surface area contributed by atoms with Crippen molar-refractivity contribution in [1.82, 2.24) is 0 Å². The van der Waals surface area contributed by atoms with E-state index in [0.29, 0.717) is 5.69 Å². The highest BCUT2D eigenvalue weighted by Gasteiger charge is 2.35. The first kappa shape index (κ1) is 19.0. The van der Waals surface area contributed by atoms with Crippen molar-refractivity contribution < 1.29 is 28.6 Å². The molecule has 1 amide bonds. The molecule has 0 saturated carbocycles. The topological polar surface area (TPSA) is 84.9 Å². The van der Waals surface area contributed by atoms with Crippen LogP contribution in [0.4, 0.5) is 10.1 Å². The zero-order chi connectivity index (χ0) is 19.8. The van der Waals surface area contributed by atoms with Gasteiger partial charge < -0.3 is 19.9 Å². The van der Waals surface area contributed by atoms with E-state index in [2.05, 4.69) is 5.32 Å². The minimum Gasteiger partial charge on any atom is -0.507 e.